The number of carbonyl (C=O) groups excluding carboxylic acids is 2. The molecular weight excluding hydrogens is 432 g/mol. The van der Waals surface area contributed by atoms with Gasteiger partial charge in [-0.25, -0.2) is 0 Å². The van der Waals surface area contributed by atoms with Crippen LogP contribution >= 0.6 is 0 Å². The Morgan fingerprint density at radius 2 is 1.88 bits per heavy atom. The molecule has 1 amide bonds. The Morgan fingerprint density at radius 3 is 2.50 bits per heavy atom. The van der Waals surface area contributed by atoms with E-state index in [1.807, 2.05) is 24.3 Å². The van der Waals surface area contributed by atoms with Crippen molar-refractivity contribution in [2.24, 2.45) is 0 Å². The zero-order valence-electron chi connectivity index (χ0n) is 20.0. The second-order valence-electron chi connectivity index (χ2n) is 8.58. The van der Waals surface area contributed by atoms with Crippen molar-refractivity contribution in [1.82, 2.24) is 4.90 Å². The lowest BCUT2D eigenvalue weighted by atomic mass is 9.95. The van der Waals surface area contributed by atoms with Gasteiger partial charge in [0.2, 0.25) is 0 Å². The SMILES string of the molecule is CCN(CC)c1ccc(C2/C(=C(/O)c3cccc(OC)c3)C(=O)C(=O)N2CC2CCCO2)cc1. The largest absolute Gasteiger partial charge is 0.507 e. The lowest BCUT2D eigenvalue weighted by Gasteiger charge is -2.28. The van der Waals surface area contributed by atoms with Gasteiger partial charge < -0.3 is 24.4 Å². The molecule has 180 valence electrons. The van der Waals surface area contributed by atoms with Gasteiger partial charge in [-0.3, -0.25) is 9.59 Å². The number of rotatable bonds is 8. The van der Waals surface area contributed by atoms with Crippen molar-refractivity contribution in [2.75, 3.05) is 38.3 Å². The number of nitrogens with zero attached hydrogens (tertiary/aromatic N) is 2. The zero-order valence-corrected chi connectivity index (χ0v) is 20.0. The lowest BCUT2D eigenvalue weighted by molar-refractivity contribution is -0.140. The minimum atomic E-state index is -0.693. The molecule has 34 heavy (non-hydrogen) atoms. The molecule has 7 nitrogen and oxygen atoms in total. The van der Waals surface area contributed by atoms with E-state index in [1.54, 1.807) is 29.2 Å². The normalized spacial score (nSPS) is 21.8. The number of likely N-dealkylation sites (tertiary alicyclic amines) is 1. The summed E-state index contributed by atoms with van der Waals surface area (Å²) < 4.78 is 11.0. The number of hydrogen-bond donors (Lipinski definition) is 1. The lowest BCUT2D eigenvalue weighted by Crippen LogP contribution is -2.36. The zero-order chi connectivity index (χ0) is 24.2. The molecule has 2 heterocycles. The van der Waals surface area contributed by atoms with Crippen molar-refractivity contribution in [3.8, 4) is 5.75 Å². The van der Waals surface area contributed by atoms with Gasteiger partial charge in [0.05, 0.1) is 24.8 Å². The third-order valence-corrected chi connectivity index (χ3v) is 6.64. The van der Waals surface area contributed by atoms with Crippen molar-refractivity contribution < 1.29 is 24.2 Å². The molecule has 1 N–H and O–H groups in total. The highest BCUT2D eigenvalue weighted by Crippen LogP contribution is 2.40. The van der Waals surface area contributed by atoms with E-state index in [0.717, 1.165) is 37.2 Å². The van der Waals surface area contributed by atoms with Gasteiger partial charge in [-0.05, 0) is 56.5 Å². The predicted octanol–water partition coefficient (Wildman–Crippen LogP) is 4.14. The van der Waals surface area contributed by atoms with Crippen LogP contribution in [0, 0.1) is 0 Å². The summed E-state index contributed by atoms with van der Waals surface area (Å²) in [4.78, 5) is 30.2. The highest BCUT2D eigenvalue weighted by molar-refractivity contribution is 6.46. The van der Waals surface area contributed by atoms with Crippen molar-refractivity contribution in [3.63, 3.8) is 0 Å². The molecule has 2 unspecified atom stereocenters. The second kappa shape index (κ2) is 10.3. The first-order valence-corrected chi connectivity index (χ1v) is 11.9. The van der Waals surface area contributed by atoms with Crippen LogP contribution in [0.4, 0.5) is 5.69 Å². The summed E-state index contributed by atoms with van der Waals surface area (Å²) in [6.07, 6.45) is 1.65. The smallest absolute Gasteiger partial charge is 0.295 e. The number of benzene rings is 2. The van der Waals surface area contributed by atoms with E-state index >= 15 is 0 Å². The average molecular weight is 465 g/mol. The van der Waals surface area contributed by atoms with E-state index in [2.05, 4.69) is 18.7 Å². The number of Topliss-reactive ketones (excluding diaryl/α,β-unsaturated/α-hetero) is 1. The molecule has 0 aromatic heterocycles. The Labute approximate surface area is 200 Å². The van der Waals surface area contributed by atoms with Gasteiger partial charge in [0.25, 0.3) is 11.7 Å². The van der Waals surface area contributed by atoms with Gasteiger partial charge in [0.15, 0.2) is 0 Å². The fourth-order valence-corrected chi connectivity index (χ4v) is 4.80. The van der Waals surface area contributed by atoms with Crippen LogP contribution in [-0.4, -0.2) is 61.2 Å². The second-order valence-corrected chi connectivity index (χ2v) is 8.58. The monoisotopic (exact) mass is 464 g/mol. The minimum absolute atomic E-state index is 0.0897. The number of hydrogen-bond acceptors (Lipinski definition) is 6. The van der Waals surface area contributed by atoms with Gasteiger partial charge in [0, 0.05) is 37.5 Å². The molecule has 0 spiro atoms. The Balaban J connectivity index is 1.79. The average Bonchev–Trinajstić information content (AvgIpc) is 3.47. The first kappa shape index (κ1) is 23.8. The predicted molar refractivity (Wildman–Crippen MR) is 131 cm³/mol. The number of methoxy groups -OCH3 is 1. The summed E-state index contributed by atoms with van der Waals surface area (Å²) in [6.45, 7) is 6.92. The van der Waals surface area contributed by atoms with Gasteiger partial charge in [-0.1, -0.05) is 24.3 Å². The molecule has 0 bridgehead atoms. The minimum Gasteiger partial charge on any atom is -0.507 e. The Kier molecular flexibility index (Phi) is 7.22. The first-order chi connectivity index (χ1) is 16.5. The molecule has 0 radical (unpaired) electrons. The van der Waals surface area contributed by atoms with Crippen LogP contribution in [0.2, 0.25) is 0 Å². The van der Waals surface area contributed by atoms with Gasteiger partial charge in [0.1, 0.15) is 11.5 Å². The van der Waals surface area contributed by atoms with E-state index in [1.165, 1.54) is 7.11 Å². The van der Waals surface area contributed by atoms with Crippen LogP contribution in [-0.2, 0) is 14.3 Å². The molecule has 2 aromatic carbocycles. The van der Waals surface area contributed by atoms with Crippen LogP contribution < -0.4 is 9.64 Å². The van der Waals surface area contributed by atoms with Crippen LogP contribution in [0.5, 0.6) is 5.75 Å². The molecule has 2 fully saturated rings. The highest BCUT2D eigenvalue weighted by Gasteiger charge is 2.47. The van der Waals surface area contributed by atoms with Crippen molar-refractivity contribution in [1.29, 1.82) is 0 Å². The van der Waals surface area contributed by atoms with Gasteiger partial charge in [-0.15, -0.1) is 0 Å². The Morgan fingerprint density at radius 1 is 1.15 bits per heavy atom. The van der Waals surface area contributed by atoms with Gasteiger partial charge in [-0.2, -0.15) is 0 Å². The van der Waals surface area contributed by atoms with Gasteiger partial charge >= 0.3 is 0 Å². The summed E-state index contributed by atoms with van der Waals surface area (Å²) in [5, 5.41) is 11.2. The Bertz CT molecular complexity index is 1070. The number of aliphatic hydroxyl groups excluding tert-OH is 1. The third kappa shape index (κ3) is 4.53. The maximum Gasteiger partial charge on any atom is 0.295 e. The molecule has 2 saturated heterocycles. The van der Waals surface area contributed by atoms with Crippen molar-refractivity contribution >= 4 is 23.1 Å². The highest BCUT2D eigenvalue weighted by atomic mass is 16.5. The van der Waals surface area contributed by atoms with Crippen LogP contribution in [0.1, 0.15) is 43.9 Å². The summed E-state index contributed by atoms with van der Waals surface area (Å²) in [7, 11) is 1.54. The quantitative estimate of drug-likeness (QED) is 0.359. The standard InChI is InChI=1S/C27H32N2O5/c1-4-28(5-2)20-13-11-18(12-14-20)24-23(25(30)19-8-6-9-21(16-19)33-3)26(31)27(32)29(24)17-22-10-7-15-34-22/h6,8-9,11-14,16,22,24,30H,4-5,7,10,15,17H2,1-3H3/b25-23-. The molecule has 2 aliphatic rings. The van der Waals surface area contributed by atoms with Crippen LogP contribution in [0.15, 0.2) is 54.1 Å². The van der Waals surface area contributed by atoms with E-state index < -0.39 is 17.7 Å². The maximum absolute atomic E-state index is 13.2. The Hall–Kier alpha value is -3.32. The molecule has 0 saturated carbocycles. The fraction of sp³-hybridized carbons (Fsp3) is 0.407. The summed E-state index contributed by atoms with van der Waals surface area (Å²) >= 11 is 0. The number of ketones is 1. The number of aliphatic hydroxyl groups is 1. The number of ether oxygens (including phenoxy) is 2. The van der Waals surface area contributed by atoms with Crippen molar-refractivity contribution in [3.05, 3.63) is 65.2 Å². The molecular formula is C27H32N2O5. The third-order valence-electron chi connectivity index (χ3n) is 6.64. The summed E-state index contributed by atoms with van der Waals surface area (Å²) in [6, 6.07) is 14.0. The topological polar surface area (TPSA) is 79.3 Å². The fourth-order valence-electron chi connectivity index (χ4n) is 4.80. The maximum atomic E-state index is 13.2. The molecule has 4 rings (SSSR count). The van der Waals surface area contributed by atoms with E-state index in [9.17, 15) is 14.7 Å². The first-order valence-electron chi connectivity index (χ1n) is 11.9. The van der Waals surface area contributed by atoms with Crippen molar-refractivity contribution in [2.45, 2.75) is 38.8 Å². The molecule has 2 atom stereocenters. The van der Waals surface area contributed by atoms with Crippen LogP contribution in [0.25, 0.3) is 5.76 Å². The summed E-state index contributed by atoms with van der Waals surface area (Å²) in [5.74, 6) is -0.948. The number of amides is 1. The van der Waals surface area contributed by atoms with E-state index in [4.69, 9.17) is 9.47 Å². The molecule has 7 heteroatoms. The molecule has 0 aliphatic carbocycles. The number of anilines is 1. The van der Waals surface area contributed by atoms with E-state index in [-0.39, 0.29) is 17.4 Å². The number of carbonyl (C=O) groups is 2. The van der Waals surface area contributed by atoms with Crippen LogP contribution in [0.3, 0.4) is 0 Å². The van der Waals surface area contributed by atoms with E-state index in [0.29, 0.717) is 24.5 Å². The summed E-state index contributed by atoms with van der Waals surface area (Å²) in [5.41, 5.74) is 2.36. The molecule has 2 aromatic rings. The molecule has 2 aliphatic heterocycles.